The third kappa shape index (κ3) is 2.80. The Morgan fingerprint density at radius 2 is 2.12 bits per heavy atom. The maximum atomic E-state index is 5.97. The normalized spacial score (nSPS) is 22.4. The second kappa shape index (κ2) is 5.08. The van der Waals surface area contributed by atoms with Gasteiger partial charge in [-0.1, -0.05) is 6.42 Å². The van der Waals surface area contributed by atoms with E-state index in [0.29, 0.717) is 6.10 Å². The van der Waals surface area contributed by atoms with E-state index in [2.05, 4.69) is 10.4 Å². The zero-order valence-electron chi connectivity index (χ0n) is 10.3. The molecule has 4 nitrogen and oxygen atoms in total. The molecule has 1 aliphatic carbocycles. The summed E-state index contributed by atoms with van der Waals surface area (Å²) >= 11 is 0. The summed E-state index contributed by atoms with van der Waals surface area (Å²) in [5, 5.41) is 7.65. The number of ether oxygens (including phenoxy) is 1. The molecule has 0 unspecified atom stereocenters. The number of nitrogens with zero attached hydrogens (tertiary/aromatic N) is 2. The largest absolute Gasteiger partial charge is 0.487 e. The number of hydrogen-bond donors (Lipinski definition) is 1. The third-order valence-electron chi connectivity index (χ3n) is 3.78. The predicted molar refractivity (Wildman–Crippen MR) is 66.1 cm³/mol. The Labute approximate surface area is 102 Å². The average molecular weight is 235 g/mol. The van der Waals surface area contributed by atoms with E-state index in [1.807, 2.05) is 17.1 Å². The van der Waals surface area contributed by atoms with Crippen LogP contribution in [0.1, 0.15) is 32.1 Å². The first-order chi connectivity index (χ1) is 8.40. The van der Waals surface area contributed by atoms with Crippen molar-refractivity contribution in [2.24, 2.45) is 5.92 Å². The molecule has 0 aromatic carbocycles. The summed E-state index contributed by atoms with van der Waals surface area (Å²) in [6.07, 6.45) is 10.7. The zero-order chi connectivity index (χ0) is 11.5. The van der Waals surface area contributed by atoms with E-state index in [1.165, 1.54) is 32.1 Å². The summed E-state index contributed by atoms with van der Waals surface area (Å²) in [6, 6.07) is 0. The molecule has 0 atom stereocenters. The lowest BCUT2D eigenvalue weighted by molar-refractivity contribution is 0.154. The average Bonchev–Trinajstić information content (AvgIpc) is 2.73. The van der Waals surface area contributed by atoms with E-state index in [4.69, 9.17) is 4.74 Å². The van der Waals surface area contributed by atoms with Crippen LogP contribution in [0.15, 0.2) is 12.4 Å². The molecule has 1 saturated heterocycles. The molecular weight excluding hydrogens is 214 g/mol. The van der Waals surface area contributed by atoms with Crippen molar-refractivity contribution in [3.05, 3.63) is 12.4 Å². The minimum atomic E-state index is 0.423. The van der Waals surface area contributed by atoms with E-state index in [1.54, 1.807) is 0 Å². The molecule has 2 aliphatic rings. The predicted octanol–water partition coefficient (Wildman–Crippen LogP) is 1.81. The lowest BCUT2D eigenvalue weighted by Gasteiger charge is -2.26. The molecule has 3 rings (SSSR count). The van der Waals surface area contributed by atoms with Crippen molar-refractivity contribution in [2.75, 3.05) is 13.1 Å². The van der Waals surface area contributed by atoms with Crippen molar-refractivity contribution < 1.29 is 4.74 Å². The molecule has 0 bridgehead atoms. The molecule has 2 fully saturated rings. The number of hydrogen-bond acceptors (Lipinski definition) is 3. The van der Waals surface area contributed by atoms with Crippen molar-refractivity contribution >= 4 is 0 Å². The standard InChI is InChI=1S/C13H21N3O/c1-2-4-12(5-3-1)17-13-8-15-16(10-13)9-11-6-14-7-11/h8,10-12,14H,1-7,9H2. The van der Waals surface area contributed by atoms with Crippen LogP contribution in [0.5, 0.6) is 5.75 Å². The number of aromatic nitrogens is 2. The molecule has 4 heteroatoms. The van der Waals surface area contributed by atoms with Crippen molar-refractivity contribution in [3.8, 4) is 5.75 Å². The van der Waals surface area contributed by atoms with Crippen molar-refractivity contribution in [1.82, 2.24) is 15.1 Å². The van der Waals surface area contributed by atoms with Gasteiger partial charge in [0.1, 0.15) is 0 Å². The van der Waals surface area contributed by atoms with Crippen LogP contribution in [0, 0.1) is 5.92 Å². The van der Waals surface area contributed by atoms with E-state index in [0.717, 1.165) is 31.3 Å². The zero-order valence-corrected chi connectivity index (χ0v) is 10.3. The highest BCUT2D eigenvalue weighted by atomic mass is 16.5. The summed E-state index contributed by atoms with van der Waals surface area (Å²) in [4.78, 5) is 0. The molecule has 94 valence electrons. The van der Waals surface area contributed by atoms with Crippen LogP contribution in [-0.2, 0) is 6.54 Å². The highest BCUT2D eigenvalue weighted by Gasteiger charge is 2.19. The maximum Gasteiger partial charge on any atom is 0.157 e. The molecule has 1 aromatic heterocycles. The Kier molecular flexibility index (Phi) is 3.31. The topological polar surface area (TPSA) is 39.1 Å². The van der Waals surface area contributed by atoms with Crippen LogP contribution in [0.4, 0.5) is 0 Å². The van der Waals surface area contributed by atoms with E-state index in [9.17, 15) is 0 Å². The summed E-state index contributed by atoms with van der Waals surface area (Å²) in [7, 11) is 0. The van der Waals surface area contributed by atoms with Gasteiger partial charge in [0.05, 0.1) is 18.5 Å². The lowest BCUT2D eigenvalue weighted by Crippen LogP contribution is -2.44. The monoisotopic (exact) mass is 235 g/mol. The second-order valence-electron chi connectivity index (χ2n) is 5.30. The highest BCUT2D eigenvalue weighted by molar-refractivity contribution is 5.12. The summed E-state index contributed by atoms with van der Waals surface area (Å²) in [5.41, 5.74) is 0. The second-order valence-corrected chi connectivity index (χ2v) is 5.30. The van der Waals surface area contributed by atoms with Crippen LogP contribution >= 0.6 is 0 Å². The molecule has 0 radical (unpaired) electrons. The Hall–Kier alpha value is -1.03. The Balaban J connectivity index is 1.52. The van der Waals surface area contributed by atoms with Gasteiger partial charge < -0.3 is 10.1 Å². The van der Waals surface area contributed by atoms with E-state index >= 15 is 0 Å². The summed E-state index contributed by atoms with van der Waals surface area (Å²) in [6.45, 7) is 3.26. The molecule has 0 amide bonds. The van der Waals surface area contributed by atoms with E-state index < -0.39 is 0 Å². The Morgan fingerprint density at radius 3 is 2.82 bits per heavy atom. The van der Waals surface area contributed by atoms with Crippen molar-refractivity contribution in [3.63, 3.8) is 0 Å². The van der Waals surface area contributed by atoms with Gasteiger partial charge in [0.2, 0.25) is 0 Å². The van der Waals surface area contributed by atoms with Gasteiger partial charge in [-0.25, -0.2) is 0 Å². The van der Waals surface area contributed by atoms with Gasteiger partial charge in [-0.2, -0.15) is 5.10 Å². The smallest absolute Gasteiger partial charge is 0.157 e. The third-order valence-corrected chi connectivity index (χ3v) is 3.78. The Bertz CT molecular complexity index is 353. The number of rotatable bonds is 4. The SMILES string of the molecule is c1nn(CC2CNC2)cc1OC1CCCCC1. The fourth-order valence-electron chi connectivity index (χ4n) is 2.62. The van der Waals surface area contributed by atoms with Gasteiger partial charge in [-0.3, -0.25) is 4.68 Å². The molecule has 1 aromatic rings. The maximum absolute atomic E-state index is 5.97. The minimum absolute atomic E-state index is 0.423. The fraction of sp³-hybridized carbons (Fsp3) is 0.769. The van der Waals surface area contributed by atoms with Gasteiger partial charge in [0.25, 0.3) is 0 Å². The summed E-state index contributed by atoms with van der Waals surface area (Å²) < 4.78 is 7.99. The van der Waals surface area contributed by atoms with E-state index in [-0.39, 0.29) is 0 Å². The van der Waals surface area contributed by atoms with Crippen LogP contribution in [-0.4, -0.2) is 29.0 Å². The first-order valence-corrected chi connectivity index (χ1v) is 6.80. The van der Waals surface area contributed by atoms with Crippen molar-refractivity contribution in [2.45, 2.75) is 44.8 Å². The lowest BCUT2D eigenvalue weighted by atomic mass is 9.98. The molecule has 0 spiro atoms. The van der Waals surface area contributed by atoms with Crippen LogP contribution in [0.3, 0.4) is 0 Å². The van der Waals surface area contributed by atoms with Gasteiger partial charge in [0, 0.05) is 25.6 Å². The Morgan fingerprint density at radius 1 is 1.29 bits per heavy atom. The quantitative estimate of drug-likeness (QED) is 0.865. The molecule has 17 heavy (non-hydrogen) atoms. The number of nitrogens with one attached hydrogen (secondary N) is 1. The van der Waals surface area contributed by atoms with Gasteiger partial charge in [-0.05, 0) is 25.7 Å². The molecular formula is C13H21N3O. The van der Waals surface area contributed by atoms with Gasteiger partial charge in [0.15, 0.2) is 5.75 Å². The highest BCUT2D eigenvalue weighted by Crippen LogP contribution is 2.23. The van der Waals surface area contributed by atoms with Gasteiger partial charge >= 0.3 is 0 Å². The fourth-order valence-corrected chi connectivity index (χ4v) is 2.62. The van der Waals surface area contributed by atoms with Crippen LogP contribution in [0.25, 0.3) is 0 Å². The minimum Gasteiger partial charge on any atom is -0.487 e. The first kappa shape index (κ1) is 11.1. The van der Waals surface area contributed by atoms with Gasteiger partial charge in [-0.15, -0.1) is 0 Å². The van der Waals surface area contributed by atoms with Crippen LogP contribution in [0.2, 0.25) is 0 Å². The molecule has 1 aliphatic heterocycles. The molecule has 1 saturated carbocycles. The van der Waals surface area contributed by atoms with Crippen LogP contribution < -0.4 is 10.1 Å². The first-order valence-electron chi connectivity index (χ1n) is 6.80. The van der Waals surface area contributed by atoms with Crippen molar-refractivity contribution in [1.29, 1.82) is 0 Å². The molecule has 2 heterocycles. The summed E-state index contributed by atoms with van der Waals surface area (Å²) in [5.74, 6) is 1.70. The molecule has 1 N–H and O–H groups in total.